The Kier molecular flexibility index (Phi) is 7.15. The van der Waals surface area contributed by atoms with Gasteiger partial charge in [0.25, 0.3) is 0 Å². The van der Waals surface area contributed by atoms with E-state index < -0.39 is 0 Å². The molecule has 1 amide bonds. The molecule has 118 valence electrons. The van der Waals surface area contributed by atoms with Crippen molar-refractivity contribution in [2.75, 3.05) is 25.0 Å². The maximum Gasteiger partial charge on any atom is 0.227 e. The third kappa shape index (κ3) is 4.99. The molecular weight excluding hydrogens is 288 g/mol. The van der Waals surface area contributed by atoms with Crippen LogP contribution >= 0.6 is 12.4 Å². The first-order valence-corrected chi connectivity index (χ1v) is 7.29. The number of morpholine rings is 1. The molecule has 2 N–H and O–H groups in total. The molecule has 21 heavy (non-hydrogen) atoms. The van der Waals surface area contributed by atoms with Gasteiger partial charge in [-0.05, 0) is 24.0 Å². The quantitative estimate of drug-likeness (QED) is 0.899. The lowest BCUT2D eigenvalue weighted by atomic mass is 9.98. The zero-order valence-electron chi connectivity index (χ0n) is 12.9. The summed E-state index contributed by atoms with van der Waals surface area (Å²) in [5.74, 6) is 0.410. The van der Waals surface area contributed by atoms with E-state index in [-0.39, 0.29) is 24.4 Å². The summed E-state index contributed by atoms with van der Waals surface area (Å²) in [5.41, 5.74) is 3.24. The third-order valence-corrected chi connectivity index (χ3v) is 3.61. The van der Waals surface area contributed by atoms with Crippen LogP contribution in [0.3, 0.4) is 0 Å². The van der Waals surface area contributed by atoms with Crippen molar-refractivity contribution in [1.29, 1.82) is 0 Å². The summed E-state index contributed by atoms with van der Waals surface area (Å²) in [6, 6.07) is 6.14. The van der Waals surface area contributed by atoms with Gasteiger partial charge in [-0.2, -0.15) is 0 Å². The molecule has 1 aliphatic heterocycles. The molecule has 1 heterocycles. The summed E-state index contributed by atoms with van der Waals surface area (Å²) < 4.78 is 5.57. The molecule has 1 atom stereocenters. The number of carbonyl (C=O) groups is 1. The molecule has 0 saturated carbocycles. The number of halogens is 1. The Balaban J connectivity index is 0.00000220. The average Bonchev–Trinajstić information content (AvgIpc) is 2.42. The van der Waals surface area contributed by atoms with Crippen LogP contribution in [-0.4, -0.2) is 31.7 Å². The number of amides is 1. The van der Waals surface area contributed by atoms with Crippen molar-refractivity contribution in [3.05, 3.63) is 29.3 Å². The third-order valence-electron chi connectivity index (χ3n) is 3.61. The molecule has 1 aromatic rings. The first-order chi connectivity index (χ1) is 9.58. The van der Waals surface area contributed by atoms with Gasteiger partial charge in [0, 0.05) is 18.8 Å². The summed E-state index contributed by atoms with van der Waals surface area (Å²) in [6.45, 7) is 8.60. The average molecular weight is 313 g/mol. The van der Waals surface area contributed by atoms with Gasteiger partial charge in [0.05, 0.1) is 19.1 Å². The highest BCUT2D eigenvalue weighted by molar-refractivity contribution is 5.92. The molecule has 1 unspecified atom stereocenters. The lowest BCUT2D eigenvalue weighted by molar-refractivity contribution is -0.119. The summed E-state index contributed by atoms with van der Waals surface area (Å²) in [6.07, 6.45) is 0.383. The van der Waals surface area contributed by atoms with E-state index in [4.69, 9.17) is 4.74 Å². The summed E-state index contributed by atoms with van der Waals surface area (Å²) in [5, 5.41) is 6.30. The van der Waals surface area contributed by atoms with Crippen LogP contribution in [0.25, 0.3) is 0 Å². The molecule has 0 aliphatic carbocycles. The minimum absolute atomic E-state index is 0. The Labute approximate surface area is 133 Å². The predicted molar refractivity (Wildman–Crippen MR) is 88.4 cm³/mol. The fourth-order valence-corrected chi connectivity index (χ4v) is 2.49. The zero-order valence-corrected chi connectivity index (χ0v) is 13.8. The molecule has 4 nitrogen and oxygen atoms in total. The lowest BCUT2D eigenvalue weighted by Gasteiger charge is -2.23. The van der Waals surface area contributed by atoms with Crippen LogP contribution in [0.4, 0.5) is 5.69 Å². The molecule has 1 aliphatic rings. The minimum atomic E-state index is -0.0183. The number of para-hydroxylation sites is 1. The topological polar surface area (TPSA) is 50.4 Å². The molecule has 1 fully saturated rings. The Morgan fingerprint density at radius 3 is 2.86 bits per heavy atom. The Bertz CT molecular complexity index is 471. The van der Waals surface area contributed by atoms with E-state index in [0.29, 0.717) is 18.9 Å². The number of rotatable bonds is 4. The van der Waals surface area contributed by atoms with Crippen molar-refractivity contribution in [3.63, 3.8) is 0 Å². The Hall–Kier alpha value is -1.10. The SMILES string of the molecule is Cc1cccc(C(C)C)c1NC(=O)CC1CNCCO1.Cl. The van der Waals surface area contributed by atoms with Crippen LogP contribution < -0.4 is 10.6 Å². The Morgan fingerprint density at radius 2 is 2.24 bits per heavy atom. The van der Waals surface area contributed by atoms with E-state index in [1.165, 1.54) is 5.56 Å². The highest BCUT2D eigenvalue weighted by atomic mass is 35.5. The molecule has 0 bridgehead atoms. The largest absolute Gasteiger partial charge is 0.375 e. The molecule has 2 rings (SSSR count). The normalized spacial score (nSPS) is 18.2. The van der Waals surface area contributed by atoms with E-state index in [9.17, 15) is 4.79 Å². The van der Waals surface area contributed by atoms with Gasteiger partial charge in [0.15, 0.2) is 0 Å². The second kappa shape index (κ2) is 8.37. The Morgan fingerprint density at radius 1 is 1.48 bits per heavy atom. The van der Waals surface area contributed by atoms with Crippen LogP contribution in [0.2, 0.25) is 0 Å². The van der Waals surface area contributed by atoms with Gasteiger partial charge in [-0.3, -0.25) is 4.79 Å². The number of hydrogen-bond acceptors (Lipinski definition) is 3. The standard InChI is InChI=1S/C16H24N2O2.ClH/c1-11(2)14-6-4-5-12(3)16(14)18-15(19)9-13-10-17-7-8-20-13;/h4-6,11,13,17H,7-10H2,1-3H3,(H,18,19);1H. The first kappa shape index (κ1) is 18.0. The van der Waals surface area contributed by atoms with Crippen LogP contribution in [-0.2, 0) is 9.53 Å². The van der Waals surface area contributed by atoms with Crippen LogP contribution in [0.5, 0.6) is 0 Å². The van der Waals surface area contributed by atoms with E-state index in [2.05, 4.69) is 30.5 Å². The smallest absolute Gasteiger partial charge is 0.227 e. The molecule has 0 spiro atoms. The van der Waals surface area contributed by atoms with Gasteiger partial charge in [0.2, 0.25) is 5.91 Å². The van der Waals surface area contributed by atoms with Crippen molar-refractivity contribution in [3.8, 4) is 0 Å². The van der Waals surface area contributed by atoms with E-state index in [0.717, 1.165) is 24.3 Å². The summed E-state index contributed by atoms with van der Waals surface area (Å²) >= 11 is 0. The maximum absolute atomic E-state index is 12.2. The number of carbonyl (C=O) groups excluding carboxylic acids is 1. The second-order valence-electron chi connectivity index (χ2n) is 5.64. The van der Waals surface area contributed by atoms with Crippen molar-refractivity contribution in [2.45, 2.75) is 39.2 Å². The number of hydrogen-bond donors (Lipinski definition) is 2. The number of nitrogens with one attached hydrogen (secondary N) is 2. The van der Waals surface area contributed by atoms with Gasteiger partial charge < -0.3 is 15.4 Å². The number of ether oxygens (including phenoxy) is 1. The van der Waals surface area contributed by atoms with Gasteiger partial charge >= 0.3 is 0 Å². The number of aryl methyl sites for hydroxylation is 1. The maximum atomic E-state index is 12.2. The van der Waals surface area contributed by atoms with E-state index in [1.807, 2.05) is 19.1 Å². The van der Waals surface area contributed by atoms with Gasteiger partial charge in [-0.15, -0.1) is 12.4 Å². The van der Waals surface area contributed by atoms with Crippen molar-refractivity contribution in [1.82, 2.24) is 5.32 Å². The monoisotopic (exact) mass is 312 g/mol. The first-order valence-electron chi connectivity index (χ1n) is 7.29. The predicted octanol–water partition coefficient (Wildman–Crippen LogP) is 2.86. The lowest BCUT2D eigenvalue weighted by Crippen LogP contribution is -2.40. The molecule has 0 aromatic heterocycles. The van der Waals surface area contributed by atoms with E-state index in [1.54, 1.807) is 0 Å². The van der Waals surface area contributed by atoms with Crippen molar-refractivity contribution >= 4 is 24.0 Å². The van der Waals surface area contributed by atoms with Crippen LogP contribution in [0.15, 0.2) is 18.2 Å². The summed E-state index contributed by atoms with van der Waals surface area (Å²) in [7, 11) is 0. The number of benzene rings is 1. The molecule has 1 saturated heterocycles. The second-order valence-corrected chi connectivity index (χ2v) is 5.64. The molecule has 0 radical (unpaired) electrons. The highest BCUT2D eigenvalue weighted by Crippen LogP contribution is 2.27. The van der Waals surface area contributed by atoms with Crippen LogP contribution in [0, 0.1) is 6.92 Å². The van der Waals surface area contributed by atoms with Gasteiger partial charge in [-0.1, -0.05) is 32.0 Å². The number of anilines is 1. The minimum Gasteiger partial charge on any atom is -0.375 e. The van der Waals surface area contributed by atoms with E-state index >= 15 is 0 Å². The van der Waals surface area contributed by atoms with Crippen molar-refractivity contribution < 1.29 is 9.53 Å². The van der Waals surface area contributed by atoms with Crippen molar-refractivity contribution in [2.24, 2.45) is 0 Å². The van der Waals surface area contributed by atoms with Gasteiger partial charge in [0.1, 0.15) is 0 Å². The fourth-order valence-electron chi connectivity index (χ4n) is 2.49. The van der Waals surface area contributed by atoms with Crippen LogP contribution in [0.1, 0.15) is 37.3 Å². The highest BCUT2D eigenvalue weighted by Gasteiger charge is 2.19. The zero-order chi connectivity index (χ0) is 14.5. The molecule has 1 aromatic carbocycles. The van der Waals surface area contributed by atoms with Gasteiger partial charge in [-0.25, -0.2) is 0 Å². The molecule has 5 heteroatoms. The fraction of sp³-hybridized carbons (Fsp3) is 0.562. The molecular formula is C16H25ClN2O2. The summed E-state index contributed by atoms with van der Waals surface area (Å²) in [4.78, 5) is 12.2.